The van der Waals surface area contributed by atoms with E-state index in [4.69, 9.17) is 18.9 Å². The van der Waals surface area contributed by atoms with E-state index in [-0.39, 0.29) is 17.9 Å². The zero-order valence-corrected chi connectivity index (χ0v) is 16.7. The van der Waals surface area contributed by atoms with Crippen LogP contribution in [0, 0.1) is 0 Å². The van der Waals surface area contributed by atoms with Gasteiger partial charge in [0.15, 0.2) is 18.1 Å². The second kappa shape index (κ2) is 8.64. The molecule has 2 aromatic carbocycles. The van der Waals surface area contributed by atoms with E-state index >= 15 is 0 Å². The minimum absolute atomic E-state index is 0.0104. The summed E-state index contributed by atoms with van der Waals surface area (Å²) in [5.41, 5.74) is 1.14. The highest BCUT2D eigenvalue weighted by molar-refractivity contribution is 5.77. The van der Waals surface area contributed by atoms with Crippen LogP contribution in [0.25, 0.3) is 0 Å². The molecule has 1 heterocycles. The van der Waals surface area contributed by atoms with Gasteiger partial charge in [-0.2, -0.15) is 0 Å². The molecule has 0 unspecified atom stereocenters. The van der Waals surface area contributed by atoms with Gasteiger partial charge in [0, 0.05) is 12.0 Å². The highest BCUT2D eigenvalue weighted by Gasteiger charge is 2.36. The summed E-state index contributed by atoms with van der Waals surface area (Å²) < 4.78 is 22.1. The van der Waals surface area contributed by atoms with Gasteiger partial charge in [-0.1, -0.05) is 18.9 Å². The van der Waals surface area contributed by atoms with Crippen LogP contribution in [-0.4, -0.2) is 39.4 Å². The predicted molar refractivity (Wildman–Crippen MR) is 109 cm³/mol. The second-order valence-corrected chi connectivity index (χ2v) is 7.59. The summed E-state index contributed by atoms with van der Waals surface area (Å²) in [5.74, 6) is 2.87. The molecule has 4 rings (SSSR count). The first kappa shape index (κ1) is 19.4. The fourth-order valence-corrected chi connectivity index (χ4v) is 4.13. The molecule has 0 aromatic heterocycles. The van der Waals surface area contributed by atoms with Crippen molar-refractivity contribution in [2.45, 2.75) is 31.1 Å². The van der Waals surface area contributed by atoms with Crippen LogP contribution in [-0.2, 0) is 10.2 Å². The van der Waals surface area contributed by atoms with Crippen LogP contribution < -0.4 is 24.3 Å². The van der Waals surface area contributed by atoms with E-state index in [1.807, 2.05) is 18.2 Å². The van der Waals surface area contributed by atoms with Gasteiger partial charge in [-0.15, -0.1) is 0 Å². The molecule has 6 nitrogen and oxygen atoms in total. The Labute approximate surface area is 171 Å². The Bertz CT molecular complexity index is 843. The van der Waals surface area contributed by atoms with Crippen LogP contribution in [0.2, 0.25) is 0 Å². The monoisotopic (exact) mass is 397 g/mol. The van der Waals surface area contributed by atoms with Gasteiger partial charge in [-0.05, 0) is 54.8 Å². The number of hydrogen-bond donors (Lipinski definition) is 1. The SMILES string of the molecule is COc1ccc(OCC(=O)NCC2(c3ccc4c(c3)OCCO4)CCCC2)cc1. The lowest BCUT2D eigenvalue weighted by atomic mass is 9.78. The van der Waals surface area contributed by atoms with E-state index in [2.05, 4.69) is 17.4 Å². The number of nitrogens with one attached hydrogen (secondary N) is 1. The third-order valence-corrected chi connectivity index (χ3v) is 5.77. The Morgan fingerprint density at radius 3 is 2.41 bits per heavy atom. The van der Waals surface area contributed by atoms with E-state index in [1.54, 1.807) is 19.2 Å². The van der Waals surface area contributed by atoms with E-state index in [0.717, 1.165) is 42.9 Å². The van der Waals surface area contributed by atoms with Gasteiger partial charge in [0.1, 0.15) is 24.7 Å². The first-order valence-electron chi connectivity index (χ1n) is 10.1. The van der Waals surface area contributed by atoms with Crippen molar-refractivity contribution in [2.75, 3.05) is 33.5 Å². The van der Waals surface area contributed by atoms with E-state index < -0.39 is 0 Å². The van der Waals surface area contributed by atoms with Crippen molar-refractivity contribution in [2.24, 2.45) is 0 Å². The Kier molecular flexibility index (Phi) is 5.79. The Morgan fingerprint density at radius 1 is 1.00 bits per heavy atom. The molecule has 29 heavy (non-hydrogen) atoms. The minimum atomic E-state index is -0.121. The summed E-state index contributed by atoms with van der Waals surface area (Å²) in [6.45, 7) is 1.74. The highest BCUT2D eigenvalue weighted by Crippen LogP contribution is 2.43. The molecule has 1 amide bonds. The molecular weight excluding hydrogens is 370 g/mol. The first-order chi connectivity index (χ1) is 14.2. The number of fused-ring (bicyclic) bond motifs is 1. The standard InChI is InChI=1S/C23H27NO5/c1-26-18-5-7-19(8-6-18)29-15-22(25)24-16-23(10-2-3-11-23)17-4-9-20-21(14-17)28-13-12-27-20/h4-9,14H,2-3,10-13,15-16H2,1H3,(H,24,25). The fourth-order valence-electron chi connectivity index (χ4n) is 4.13. The molecule has 1 N–H and O–H groups in total. The number of ether oxygens (including phenoxy) is 4. The number of amides is 1. The lowest BCUT2D eigenvalue weighted by Gasteiger charge is -2.31. The molecule has 154 valence electrons. The highest BCUT2D eigenvalue weighted by atomic mass is 16.6. The summed E-state index contributed by atoms with van der Waals surface area (Å²) >= 11 is 0. The van der Waals surface area contributed by atoms with Crippen molar-refractivity contribution in [3.8, 4) is 23.0 Å². The Hall–Kier alpha value is -2.89. The van der Waals surface area contributed by atoms with Crippen molar-refractivity contribution < 1.29 is 23.7 Å². The van der Waals surface area contributed by atoms with Gasteiger partial charge in [-0.3, -0.25) is 4.79 Å². The van der Waals surface area contributed by atoms with Crippen molar-refractivity contribution in [1.82, 2.24) is 5.32 Å². The largest absolute Gasteiger partial charge is 0.497 e. The van der Waals surface area contributed by atoms with Crippen LogP contribution in [0.15, 0.2) is 42.5 Å². The van der Waals surface area contributed by atoms with Crippen LogP contribution in [0.4, 0.5) is 0 Å². The van der Waals surface area contributed by atoms with Crippen LogP contribution in [0.3, 0.4) is 0 Å². The van der Waals surface area contributed by atoms with Gasteiger partial charge < -0.3 is 24.3 Å². The number of methoxy groups -OCH3 is 1. The van der Waals surface area contributed by atoms with Crippen LogP contribution in [0.1, 0.15) is 31.2 Å². The molecule has 0 radical (unpaired) electrons. The summed E-state index contributed by atoms with van der Waals surface area (Å²) in [6, 6.07) is 13.4. The molecule has 1 saturated carbocycles. The van der Waals surface area contributed by atoms with E-state index in [1.165, 1.54) is 5.56 Å². The summed E-state index contributed by atoms with van der Waals surface area (Å²) in [5, 5.41) is 3.08. The lowest BCUT2D eigenvalue weighted by molar-refractivity contribution is -0.123. The van der Waals surface area contributed by atoms with Gasteiger partial charge >= 0.3 is 0 Å². The zero-order chi connectivity index (χ0) is 20.1. The normalized spacial score (nSPS) is 16.9. The molecule has 0 spiro atoms. The van der Waals surface area contributed by atoms with Gasteiger partial charge in [-0.25, -0.2) is 0 Å². The molecule has 0 saturated heterocycles. The molecule has 2 aromatic rings. The smallest absolute Gasteiger partial charge is 0.257 e. The minimum Gasteiger partial charge on any atom is -0.497 e. The van der Waals surface area contributed by atoms with Gasteiger partial charge in [0.25, 0.3) is 5.91 Å². The van der Waals surface area contributed by atoms with Crippen molar-refractivity contribution in [3.05, 3.63) is 48.0 Å². The maximum absolute atomic E-state index is 12.4. The number of benzene rings is 2. The number of carbonyl (C=O) groups excluding carboxylic acids is 1. The molecule has 1 aliphatic carbocycles. The zero-order valence-electron chi connectivity index (χ0n) is 16.7. The van der Waals surface area contributed by atoms with Crippen LogP contribution in [0.5, 0.6) is 23.0 Å². The summed E-state index contributed by atoms with van der Waals surface area (Å²) in [4.78, 5) is 12.4. The van der Waals surface area contributed by atoms with Crippen molar-refractivity contribution >= 4 is 5.91 Å². The molecule has 0 bridgehead atoms. The number of carbonyl (C=O) groups is 1. The molecule has 1 fully saturated rings. The van der Waals surface area contributed by atoms with Gasteiger partial charge in [0.2, 0.25) is 0 Å². The quantitative estimate of drug-likeness (QED) is 0.775. The lowest BCUT2D eigenvalue weighted by Crippen LogP contribution is -2.41. The maximum atomic E-state index is 12.4. The fraction of sp³-hybridized carbons (Fsp3) is 0.435. The first-order valence-corrected chi connectivity index (χ1v) is 10.1. The predicted octanol–water partition coefficient (Wildman–Crippen LogP) is 3.47. The molecular formula is C23H27NO5. The molecule has 2 aliphatic rings. The topological polar surface area (TPSA) is 66.0 Å². The van der Waals surface area contributed by atoms with Crippen LogP contribution >= 0.6 is 0 Å². The Balaban J connectivity index is 1.37. The number of rotatable bonds is 7. The summed E-state index contributed by atoms with van der Waals surface area (Å²) in [6.07, 6.45) is 4.41. The van der Waals surface area contributed by atoms with E-state index in [9.17, 15) is 4.79 Å². The molecule has 0 atom stereocenters. The average Bonchev–Trinajstić information content (AvgIpc) is 3.26. The number of hydrogen-bond acceptors (Lipinski definition) is 5. The molecule has 1 aliphatic heterocycles. The second-order valence-electron chi connectivity index (χ2n) is 7.59. The average molecular weight is 397 g/mol. The maximum Gasteiger partial charge on any atom is 0.257 e. The van der Waals surface area contributed by atoms with Crippen molar-refractivity contribution in [1.29, 1.82) is 0 Å². The summed E-state index contributed by atoms with van der Waals surface area (Å²) in [7, 11) is 1.61. The molecule has 6 heteroatoms. The third-order valence-electron chi connectivity index (χ3n) is 5.77. The third kappa shape index (κ3) is 4.42. The van der Waals surface area contributed by atoms with E-state index in [0.29, 0.717) is 25.5 Å². The Morgan fingerprint density at radius 2 is 1.69 bits per heavy atom. The van der Waals surface area contributed by atoms with Crippen molar-refractivity contribution in [3.63, 3.8) is 0 Å². The van der Waals surface area contributed by atoms with Gasteiger partial charge in [0.05, 0.1) is 7.11 Å².